The largest absolute Gasteiger partial charge is 0.347 e. The Morgan fingerprint density at radius 3 is 2.90 bits per heavy atom. The molecular weight excluding hydrogens is 269 g/mol. The van der Waals surface area contributed by atoms with Gasteiger partial charge in [-0.2, -0.15) is 5.26 Å². The zero-order chi connectivity index (χ0) is 14.7. The van der Waals surface area contributed by atoms with E-state index in [1.165, 1.54) is 18.5 Å². The van der Waals surface area contributed by atoms with Crippen molar-refractivity contribution in [2.45, 2.75) is 25.3 Å². The van der Waals surface area contributed by atoms with Gasteiger partial charge in [-0.1, -0.05) is 0 Å². The summed E-state index contributed by atoms with van der Waals surface area (Å²) in [6, 6.07) is 5.18. The van der Waals surface area contributed by atoms with Gasteiger partial charge in [0, 0.05) is 6.54 Å². The Morgan fingerprint density at radius 1 is 1.24 bits per heavy atom. The lowest BCUT2D eigenvalue weighted by molar-refractivity contribution is 0.460. The molecule has 2 aromatic heterocycles. The topological polar surface area (TPSA) is 65.7 Å². The summed E-state index contributed by atoms with van der Waals surface area (Å²) in [6.45, 7) is 0.827. The van der Waals surface area contributed by atoms with E-state index in [0.29, 0.717) is 11.5 Å². The van der Waals surface area contributed by atoms with Gasteiger partial charge in [0.05, 0.1) is 30.3 Å². The third-order valence-electron chi connectivity index (χ3n) is 3.63. The fourth-order valence-corrected chi connectivity index (χ4v) is 2.65. The van der Waals surface area contributed by atoms with Crippen LogP contribution in [0.15, 0.2) is 30.7 Å². The van der Waals surface area contributed by atoms with Crippen molar-refractivity contribution in [3.63, 3.8) is 0 Å². The Kier molecular flexibility index (Phi) is 3.73. The smallest absolute Gasteiger partial charge is 0.161 e. The molecule has 0 spiro atoms. The Balaban J connectivity index is 1.94. The van der Waals surface area contributed by atoms with E-state index < -0.39 is 0 Å². The third kappa shape index (κ3) is 2.82. The van der Waals surface area contributed by atoms with Crippen LogP contribution < -0.4 is 4.90 Å². The van der Waals surface area contributed by atoms with Crippen molar-refractivity contribution in [1.29, 1.82) is 5.26 Å². The number of aromatic nitrogens is 3. The van der Waals surface area contributed by atoms with Crippen molar-refractivity contribution in [3.8, 4) is 6.07 Å². The van der Waals surface area contributed by atoms with E-state index in [9.17, 15) is 4.39 Å². The third-order valence-corrected chi connectivity index (χ3v) is 3.63. The summed E-state index contributed by atoms with van der Waals surface area (Å²) < 4.78 is 13.0. The first-order chi connectivity index (χ1) is 10.3. The zero-order valence-electron chi connectivity index (χ0n) is 11.4. The van der Waals surface area contributed by atoms with E-state index >= 15 is 0 Å². The van der Waals surface area contributed by atoms with Crippen molar-refractivity contribution in [2.24, 2.45) is 0 Å². The molecule has 5 nitrogen and oxygen atoms in total. The van der Waals surface area contributed by atoms with Crippen LogP contribution in [0.5, 0.6) is 0 Å². The molecule has 0 saturated carbocycles. The fourth-order valence-electron chi connectivity index (χ4n) is 2.65. The number of hydrogen-bond acceptors (Lipinski definition) is 5. The molecule has 21 heavy (non-hydrogen) atoms. The lowest BCUT2D eigenvalue weighted by atomic mass is 9.99. The summed E-state index contributed by atoms with van der Waals surface area (Å²) in [6.07, 6.45) is 7.40. The maximum absolute atomic E-state index is 13.0. The Hall–Kier alpha value is -2.55. The summed E-state index contributed by atoms with van der Waals surface area (Å²) >= 11 is 0. The molecule has 1 unspecified atom stereocenters. The Bertz CT molecular complexity index is 665. The molecular formula is C15H14FN5. The molecule has 0 N–H and O–H groups in total. The molecule has 0 radical (unpaired) electrons. The molecule has 106 valence electrons. The maximum Gasteiger partial charge on any atom is 0.161 e. The number of rotatable bonds is 2. The molecule has 0 amide bonds. The second kappa shape index (κ2) is 5.83. The first-order valence-electron chi connectivity index (χ1n) is 6.88. The monoisotopic (exact) mass is 283 g/mol. The highest BCUT2D eigenvalue weighted by molar-refractivity contribution is 5.42. The summed E-state index contributed by atoms with van der Waals surface area (Å²) in [4.78, 5) is 14.7. The van der Waals surface area contributed by atoms with Crippen LogP contribution in [0.3, 0.4) is 0 Å². The molecule has 3 rings (SSSR count). The number of anilines is 1. The van der Waals surface area contributed by atoms with Gasteiger partial charge in [0.1, 0.15) is 17.7 Å². The Morgan fingerprint density at radius 2 is 2.14 bits per heavy atom. The second-order valence-corrected chi connectivity index (χ2v) is 4.98. The van der Waals surface area contributed by atoms with Crippen LogP contribution in [0.2, 0.25) is 0 Å². The standard InChI is InChI=1S/C15H14FN5/c16-11-4-5-13(19-8-11)14-3-1-2-6-21(14)15-10-18-9-12(7-17)20-15/h4-5,8-10,14H,1-3,6H2. The van der Waals surface area contributed by atoms with Gasteiger partial charge < -0.3 is 4.90 Å². The van der Waals surface area contributed by atoms with Crippen LogP contribution in [0.1, 0.15) is 36.7 Å². The molecule has 0 bridgehead atoms. The summed E-state index contributed by atoms with van der Waals surface area (Å²) in [5.74, 6) is 0.331. The van der Waals surface area contributed by atoms with Crippen LogP contribution in [0, 0.1) is 17.1 Å². The van der Waals surface area contributed by atoms with Crippen LogP contribution in [0.4, 0.5) is 10.2 Å². The number of piperidine rings is 1. The predicted octanol–water partition coefficient (Wildman–Crippen LogP) is 2.61. The minimum atomic E-state index is -0.340. The SMILES string of the molecule is N#Cc1cncc(N2CCCCC2c2ccc(F)cn2)n1. The van der Waals surface area contributed by atoms with Crippen LogP contribution >= 0.6 is 0 Å². The van der Waals surface area contributed by atoms with Gasteiger partial charge in [-0.05, 0) is 31.4 Å². The van der Waals surface area contributed by atoms with Gasteiger partial charge >= 0.3 is 0 Å². The number of halogens is 1. The van der Waals surface area contributed by atoms with Gasteiger partial charge in [0.25, 0.3) is 0 Å². The highest BCUT2D eigenvalue weighted by Gasteiger charge is 2.26. The molecule has 6 heteroatoms. The van der Waals surface area contributed by atoms with Crippen molar-refractivity contribution >= 4 is 5.82 Å². The Labute approximate surface area is 122 Å². The molecule has 1 fully saturated rings. The van der Waals surface area contributed by atoms with E-state index in [-0.39, 0.29) is 11.9 Å². The molecule has 1 saturated heterocycles. The molecule has 0 aliphatic carbocycles. The predicted molar refractivity (Wildman–Crippen MR) is 74.9 cm³/mol. The number of nitrogens with zero attached hydrogens (tertiary/aromatic N) is 5. The van der Waals surface area contributed by atoms with Gasteiger partial charge in [0.2, 0.25) is 0 Å². The van der Waals surface area contributed by atoms with Crippen molar-refractivity contribution in [2.75, 3.05) is 11.4 Å². The highest BCUT2D eigenvalue weighted by atomic mass is 19.1. The van der Waals surface area contributed by atoms with E-state index in [1.807, 2.05) is 6.07 Å². The van der Waals surface area contributed by atoms with Gasteiger partial charge in [-0.15, -0.1) is 0 Å². The van der Waals surface area contributed by atoms with E-state index in [4.69, 9.17) is 5.26 Å². The summed E-state index contributed by atoms with van der Waals surface area (Å²) in [5.41, 5.74) is 1.11. The molecule has 1 aliphatic heterocycles. The van der Waals surface area contributed by atoms with E-state index in [1.54, 1.807) is 12.3 Å². The number of nitriles is 1. The average molecular weight is 283 g/mol. The normalized spacial score (nSPS) is 18.3. The minimum absolute atomic E-state index is 0.0441. The summed E-state index contributed by atoms with van der Waals surface area (Å²) in [7, 11) is 0. The van der Waals surface area contributed by atoms with Crippen LogP contribution in [-0.4, -0.2) is 21.5 Å². The quantitative estimate of drug-likeness (QED) is 0.847. The molecule has 3 heterocycles. The first kappa shape index (κ1) is 13.4. The first-order valence-corrected chi connectivity index (χ1v) is 6.88. The zero-order valence-corrected chi connectivity index (χ0v) is 11.4. The van der Waals surface area contributed by atoms with Crippen LogP contribution in [0.25, 0.3) is 0 Å². The maximum atomic E-state index is 13.0. The van der Waals surface area contributed by atoms with E-state index in [0.717, 1.165) is 31.5 Å². The van der Waals surface area contributed by atoms with Crippen molar-refractivity contribution in [1.82, 2.24) is 15.0 Å². The fraction of sp³-hybridized carbons (Fsp3) is 0.333. The minimum Gasteiger partial charge on any atom is -0.347 e. The molecule has 2 aromatic rings. The van der Waals surface area contributed by atoms with Crippen molar-refractivity contribution < 1.29 is 4.39 Å². The lowest BCUT2D eigenvalue weighted by Gasteiger charge is -2.36. The van der Waals surface area contributed by atoms with Gasteiger partial charge in [0.15, 0.2) is 5.69 Å². The molecule has 0 aromatic carbocycles. The molecule has 1 aliphatic rings. The highest BCUT2D eigenvalue weighted by Crippen LogP contribution is 2.32. The second-order valence-electron chi connectivity index (χ2n) is 4.98. The average Bonchev–Trinajstić information content (AvgIpc) is 2.56. The van der Waals surface area contributed by atoms with E-state index in [2.05, 4.69) is 19.9 Å². The van der Waals surface area contributed by atoms with Gasteiger partial charge in [-0.3, -0.25) is 9.97 Å². The molecule has 1 atom stereocenters. The van der Waals surface area contributed by atoms with Crippen LogP contribution in [-0.2, 0) is 0 Å². The van der Waals surface area contributed by atoms with Crippen molar-refractivity contribution in [3.05, 3.63) is 47.9 Å². The number of hydrogen-bond donors (Lipinski definition) is 0. The lowest BCUT2D eigenvalue weighted by Crippen LogP contribution is -2.34. The van der Waals surface area contributed by atoms with Gasteiger partial charge in [-0.25, -0.2) is 9.37 Å². The summed E-state index contributed by atoms with van der Waals surface area (Å²) in [5, 5.41) is 8.95. The number of pyridine rings is 1.